The first-order valence-electron chi connectivity index (χ1n) is 6.77. The number of hydrogen-bond donors (Lipinski definition) is 1. The van der Waals surface area contributed by atoms with Crippen molar-refractivity contribution in [2.45, 2.75) is 6.42 Å². The number of hydrogen-bond acceptors (Lipinski definition) is 5. The standard InChI is InChI=1S/C15H13N3O3S/c19-12(16-6-5-13-17-7-8-22-13)9-18-14(20)10-3-1-2-4-11(10)15(18)21/h1-4,7-8H,5-6,9H2,(H,16,19). The van der Waals surface area contributed by atoms with Crippen LogP contribution in [-0.4, -0.2) is 40.7 Å². The monoisotopic (exact) mass is 315 g/mol. The van der Waals surface area contributed by atoms with Crippen LogP contribution in [0.15, 0.2) is 35.8 Å². The Labute approximate surface area is 130 Å². The summed E-state index contributed by atoms with van der Waals surface area (Å²) in [6.07, 6.45) is 2.34. The van der Waals surface area contributed by atoms with Gasteiger partial charge in [-0.1, -0.05) is 12.1 Å². The summed E-state index contributed by atoms with van der Waals surface area (Å²) >= 11 is 1.52. The maximum atomic E-state index is 12.1. The van der Waals surface area contributed by atoms with E-state index in [9.17, 15) is 14.4 Å². The van der Waals surface area contributed by atoms with Crippen molar-refractivity contribution < 1.29 is 14.4 Å². The van der Waals surface area contributed by atoms with Gasteiger partial charge in [-0.2, -0.15) is 0 Å². The number of benzene rings is 1. The summed E-state index contributed by atoms with van der Waals surface area (Å²) in [6.45, 7) is 0.166. The molecule has 22 heavy (non-hydrogen) atoms. The Kier molecular flexibility index (Phi) is 3.97. The second kappa shape index (κ2) is 6.07. The van der Waals surface area contributed by atoms with Crippen molar-refractivity contribution in [3.63, 3.8) is 0 Å². The summed E-state index contributed by atoms with van der Waals surface area (Å²) in [4.78, 5) is 41.2. The minimum Gasteiger partial charge on any atom is -0.354 e. The quantitative estimate of drug-likeness (QED) is 0.838. The maximum absolute atomic E-state index is 12.1. The summed E-state index contributed by atoms with van der Waals surface area (Å²) in [5.41, 5.74) is 0.700. The van der Waals surface area contributed by atoms with Crippen LogP contribution in [0.1, 0.15) is 25.7 Å². The molecule has 1 aliphatic heterocycles. The minimum atomic E-state index is -0.421. The number of aromatic nitrogens is 1. The summed E-state index contributed by atoms with van der Waals surface area (Å²) in [5, 5.41) is 5.50. The molecule has 1 N–H and O–H groups in total. The highest BCUT2D eigenvalue weighted by molar-refractivity contribution is 7.09. The highest BCUT2D eigenvalue weighted by atomic mass is 32.1. The Morgan fingerprint density at radius 3 is 2.45 bits per heavy atom. The average molecular weight is 315 g/mol. The van der Waals surface area contributed by atoms with Crippen molar-refractivity contribution >= 4 is 29.1 Å². The zero-order valence-corrected chi connectivity index (χ0v) is 12.4. The average Bonchev–Trinajstić information content (AvgIpc) is 3.11. The second-order valence-corrected chi connectivity index (χ2v) is 5.75. The molecule has 0 saturated heterocycles. The lowest BCUT2D eigenvalue weighted by atomic mass is 10.1. The van der Waals surface area contributed by atoms with Crippen LogP contribution in [0, 0.1) is 0 Å². The van der Waals surface area contributed by atoms with E-state index in [0.717, 1.165) is 9.91 Å². The molecule has 0 aliphatic carbocycles. The van der Waals surface area contributed by atoms with Crippen molar-refractivity contribution in [1.82, 2.24) is 15.2 Å². The molecule has 1 aromatic carbocycles. The molecule has 0 saturated carbocycles. The minimum absolute atomic E-state index is 0.260. The molecule has 1 aliphatic rings. The predicted octanol–water partition coefficient (Wildman–Crippen LogP) is 1.10. The van der Waals surface area contributed by atoms with E-state index in [1.165, 1.54) is 11.3 Å². The van der Waals surface area contributed by atoms with E-state index in [1.807, 2.05) is 5.38 Å². The highest BCUT2D eigenvalue weighted by Gasteiger charge is 2.36. The van der Waals surface area contributed by atoms with Crippen molar-refractivity contribution in [1.29, 1.82) is 0 Å². The number of carbonyl (C=O) groups excluding carboxylic acids is 3. The van der Waals surface area contributed by atoms with Gasteiger partial charge in [-0.25, -0.2) is 4.98 Å². The van der Waals surface area contributed by atoms with Crippen LogP contribution in [0.5, 0.6) is 0 Å². The Morgan fingerprint density at radius 2 is 1.86 bits per heavy atom. The van der Waals surface area contributed by atoms with E-state index >= 15 is 0 Å². The SMILES string of the molecule is O=C(CN1C(=O)c2ccccc2C1=O)NCCc1nccs1. The molecule has 3 rings (SSSR count). The fourth-order valence-corrected chi connectivity index (χ4v) is 2.89. The molecule has 2 aromatic rings. The first-order valence-corrected chi connectivity index (χ1v) is 7.65. The lowest BCUT2D eigenvalue weighted by molar-refractivity contribution is -0.121. The van der Waals surface area contributed by atoms with E-state index < -0.39 is 11.8 Å². The predicted molar refractivity (Wildman–Crippen MR) is 80.6 cm³/mol. The van der Waals surface area contributed by atoms with Gasteiger partial charge < -0.3 is 5.32 Å². The van der Waals surface area contributed by atoms with Crippen LogP contribution in [-0.2, 0) is 11.2 Å². The zero-order chi connectivity index (χ0) is 15.5. The first kappa shape index (κ1) is 14.4. The molecule has 2 heterocycles. The van der Waals surface area contributed by atoms with Crippen LogP contribution < -0.4 is 5.32 Å². The second-order valence-electron chi connectivity index (χ2n) is 4.77. The summed E-state index contributed by atoms with van der Waals surface area (Å²) < 4.78 is 0. The molecule has 1 aromatic heterocycles. The van der Waals surface area contributed by atoms with Crippen molar-refractivity contribution in [3.8, 4) is 0 Å². The smallest absolute Gasteiger partial charge is 0.262 e. The summed E-state index contributed by atoms with van der Waals surface area (Å²) in [5.74, 6) is -1.20. The number of nitrogens with zero attached hydrogens (tertiary/aromatic N) is 2. The molecule has 0 atom stereocenters. The topological polar surface area (TPSA) is 79.4 Å². The summed E-state index contributed by atoms with van der Waals surface area (Å²) in [7, 11) is 0. The van der Waals surface area contributed by atoms with Gasteiger partial charge >= 0.3 is 0 Å². The normalized spacial score (nSPS) is 13.4. The Morgan fingerprint density at radius 1 is 1.18 bits per heavy atom. The highest BCUT2D eigenvalue weighted by Crippen LogP contribution is 2.21. The molecule has 112 valence electrons. The molecular formula is C15H13N3O3S. The maximum Gasteiger partial charge on any atom is 0.262 e. The van der Waals surface area contributed by atoms with Crippen molar-refractivity contribution in [3.05, 3.63) is 52.0 Å². The molecule has 7 heteroatoms. The van der Waals surface area contributed by atoms with Gasteiger partial charge in [0.1, 0.15) is 6.54 Å². The van der Waals surface area contributed by atoms with Crippen LogP contribution in [0.25, 0.3) is 0 Å². The third-order valence-electron chi connectivity index (χ3n) is 3.32. The number of thiazole rings is 1. The van der Waals surface area contributed by atoms with E-state index in [-0.39, 0.29) is 12.5 Å². The van der Waals surface area contributed by atoms with Gasteiger partial charge in [0.05, 0.1) is 16.1 Å². The summed E-state index contributed by atoms with van der Waals surface area (Å²) in [6, 6.07) is 6.58. The lowest BCUT2D eigenvalue weighted by Crippen LogP contribution is -2.40. The molecule has 0 fully saturated rings. The van der Waals surface area contributed by atoms with Gasteiger partial charge in [-0.3, -0.25) is 19.3 Å². The molecular weight excluding hydrogens is 302 g/mol. The largest absolute Gasteiger partial charge is 0.354 e. The fraction of sp³-hybridized carbons (Fsp3) is 0.200. The van der Waals surface area contributed by atoms with Gasteiger partial charge in [-0.05, 0) is 12.1 Å². The molecule has 0 unspecified atom stereocenters. The number of imide groups is 1. The third-order valence-corrected chi connectivity index (χ3v) is 4.16. The van der Waals surface area contributed by atoms with E-state index in [4.69, 9.17) is 0 Å². The van der Waals surface area contributed by atoms with Gasteiger partial charge in [0.15, 0.2) is 0 Å². The lowest BCUT2D eigenvalue weighted by Gasteiger charge is -2.13. The fourth-order valence-electron chi connectivity index (χ4n) is 2.27. The number of rotatable bonds is 5. The zero-order valence-electron chi connectivity index (χ0n) is 11.6. The van der Waals surface area contributed by atoms with Crippen LogP contribution in [0.3, 0.4) is 0 Å². The Balaban J connectivity index is 1.56. The molecule has 0 radical (unpaired) electrons. The Bertz CT molecular complexity index is 692. The number of nitrogens with one attached hydrogen (secondary N) is 1. The molecule has 0 bridgehead atoms. The van der Waals surface area contributed by atoms with Crippen LogP contribution in [0.2, 0.25) is 0 Å². The first-order chi connectivity index (χ1) is 10.7. The van der Waals surface area contributed by atoms with Crippen molar-refractivity contribution in [2.24, 2.45) is 0 Å². The van der Waals surface area contributed by atoms with E-state index in [1.54, 1.807) is 30.5 Å². The number of carbonyl (C=O) groups is 3. The van der Waals surface area contributed by atoms with E-state index in [2.05, 4.69) is 10.3 Å². The van der Waals surface area contributed by atoms with Gasteiger partial charge in [0.2, 0.25) is 5.91 Å². The molecule has 3 amide bonds. The van der Waals surface area contributed by atoms with Gasteiger partial charge in [0.25, 0.3) is 11.8 Å². The van der Waals surface area contributed by atoms with Gasteiger partial charge in [0, 0.05) is 24.5 Å². The van der Waals surface area contributed by atoms with Crippen LogP contribution in [0.4, 0.5) is 0 Å². The number of amides is 3. The number of fused-ring (bicyclic) bond motifs is 1. The van der Waals surface area contributed by atoms with Crippen molar-refractivity contribution in [2.75, 3.05) is 13.1 Å². The Hall–Kier alpha value is -2.54. The third kappa shape index (κ3) is 2.75. The molecule has 6 nitrogen and oxygen atoms in total. The van der Waals surface area contributed by atoms with Crippen LogP contribution >= 0.6 is 11.3 Å². The molecule has 0 spiro atoms. The van der Waals surface area contributed by atoms with Gasteiger partial charge in [-0.15, -0.1) is 11.3 Å². The van der Waals surface area contributed by atoms with E-state index in [0.29, 0.717) is 24.1 Å².